The number of hydrogen-bond acceptors (Lipinski definition) is 6. The van der Waals surface area contributed by atoms with Crippen LogP contribution in [0.25, 0.3) is 0 Å². The molecule has 0 saturated heterocycles. The summed E-state index contributed by atoms with van der Waals surface area (Å²) in [5.41, 5.74) is 3.10. The van der Waals surface area contributed by atoms with E-state index in [1.165, 1.54) is 0 Å². The molecule has 0 fully saturated rings. The summed E-state index contributed by atoms with van der Waals surface area (Å²) in [7, 11) is 3.21. The molecule has 29 heavy (non-hydrogen) atoms. The van der Waals surface area contributed by atoms with Gasteiger partial charge >= 0.3 is 0 Å². The van der Waals surface area contributed by atoms with E-state index in [1.54, 1.807) is 26.4 Å². The Morgan fingerprint density at radius 3 is 2.34 bits per heavy atom. The molecule has 0 unspecified atom stereocenters. The van der Waals surface area contributed by atoms with E-state index in [1.807, 2.05) is 49.4 Å². The van der Waals surface area contributed by atoms with Crippen molar-refractivity contribution in [3.05, 3.63) is 71.3 Å². The number of nitrogens with zero attached hydrogens (tertiary/aromatic N) is 2. The van der Waals surface area contributed by atoms with Gasteiger partial charge in [-0.25, -0.2) is 0 Å². The molecule has 0 aliphatic carbocycles. The molecule has 7 nitrogen and oxygen atoms in total. The van der Waals surface area contributed by atoms with Crippen molar-refractivity contribution in [2.24, 2.45) is 0 Å². The van der Waals surface area contributed by atoms with Crippen LogP contribution in [0.15, 0.2) is 54.6 Å². The van der Waals surface area contributed by atoms with E-state index >= 15 is 0 Å². The first-order valence-corrected chi connectivity index (χ1v) is 9.21. The van der Waals surface area contributed by atoms with Crippen molar-refractivity contribution in [3.8, 4) is 11.5 Å². The highest BCUT2D eigenvalue weighted by Crippen LogP contribution is 2.27. The van der Waals surface area contributed by atoms with Gasteiger partial charge in [-0.1, -0.05) is 35.9 Å². The van der Waals surface area contributed by atoms with E-state index in [9.17, 15) is 4.79 Å². The van der Waals surface area contributed by atoms with Gasteiger partial charge in [-0.3, -0.25) is 4.79 Å². The molecule has 0 saturated carbocycles. The minimum atomic E-state index is -0.129. The molecule has 2 N–H and O–H groups in total. The smallest absolute Gasteiger partial charge is 0.229 e. The molecule has 3 aromatic rings. The lowest BCUT2D eigenvalue weighted by Gasteiger charge is -2.10. The minimum absolute atomic E-state index is 0.129. The number of hydrogen-bond donors (Lipinski definition) is 2. The SMILES string of the molecule is COc1ccc(CNc2ccc(NC(=O)Cc3cccc(C)c3)nn2)cc1OC. The van der Waals surface area contributed by atoms with Crippen molar-refractivity contribution in [1.29, 1.82) is 0 Å². The highest BCUT2D eigenvalue weighted by Gasteiger charge is 2.07. The fraction of sp³-hybridized carbons (Fsp3) is 0.227. The molecule has 0 aliphatic heterocycles. The molecule has 0 atom stereocenters. The van der Waals surface area contributed by atoms with Crippen LogP contribution < -0.4 is 20.1 Å². The molecule has 0 spiro atoms. The summed E-state index contributed by atoms with van der Waals surface area (Å²) >= 11 is 0. The molecular weight excluding hydrogens is 368 g/mol. The van der Waals surface area contributed by atoms with Gasteiger partial charge in [0.2, 0.25) is 5.91 Å². The van der Waals surface area contributed by atoms with Gasteiger partial charge in [-0.05, 0) is 42.3 Å². The predicted molar refractivity (Wildman–Crippen MR) is 112 cm³/mol. The predicted octanol–water partition coefficient (Wildman–Crippen LogP) is 3.60. The Bertz CT molecular complexity index is 974. The lowest BCUT2D eigenvalue weighted by atomic mass is 10.1. The van der Waals surface area contributed by atoms with Gasteiger partial charge in [-0.15, -0.1) is 10.2 Å². The standard InChI is InChI=1S/C22H24N4O3/c1-15-5-4-6-16(11-15)13-22(27)24-21-10-9-20(25-26-21)23-14-17-7-8-18(28-2)19(12-17)29-3/h4-12H,13-14H2,1-3H3,(H,23,25)(H,24,26,27). The number of benzene rings is 2. The van der Waals surface area contributed by atoms with Crippen molar-refractivity contribution in [2.75, 3.05) is 24.9 Å². The molecule has 150 valence electrons. The summed E-state index contributed by atoms with van der Waals surface area (Å²) in [5.74, 6) is 2.25. The quantitative estimate of drug-likeness (QED) is 0.609. The molecule has 0 bridgehead atoms. The number of anilines is 2. The van der Waals surface area contributed by atoms with Crippen LogP contribution in [0.5, 0.6) is 11.5 Å². The van der Waals surface area contributed by atoms with Crippen molar-refractivity contribution < 1.29 is 14.3 Å². The van der Waals surface area contributed by atoms with Crippen LogP contribution >= 0.6 is 0 Å². The number of ether oxygens (including phenoxy) is 2. The molecule has 7 heteroatoms. The van der Waals surface area contributed by atoms with Crippen LogP contribution in [0.2, 0.25) is 0 Å². The van der Waals surface area contributed by atoms with Crippen molar-refractivity contribution in [1.82, 2.24) is 10.2 Å². The number of aromatic nitrogens is 2. The highest BCUT2D eigenvalue weighted by atomic mass is 16.5. The van der Waals surface area contributed by atoms with E-state index in [-0.39, 0.29) is 5.91 Å². The van der Waals surface area contributed by atoms with E-state index in [4.69, 9.17) is 9.47 Å². The number of aryl methyl sites for hydroxylation is 1. The monoisotopic (exact) mass is 392 g/mol. The second kappa shape index (κ2) is 9.54. The third-order valence-corrected chi connectivity index (χ3v) is 4.30. The third kappa shape index (κ3) is 5.68. The maximum Gasteiger partial charge on any atom is 0.229 e. The Labute approximate surface area is 170 Å². The topological polar surface area (TPSA) is 85.4 Å². The number of amides is 1. The summed E-state index contributed by atoms with van der Waals surface area (Å²) in [4.78, 5) is 12.2. The molecule has 0 aliphatic rings. The fourth-order valence-corrected chi connectivity index (χ4v) is 2.87. The summed E-state index contributed by atoms with van der Waals surface area (Å²) in [6, 6.07) is 17.1. The van der Waals surface area contributed by atoms with E-state index in [0.717, 1.165) is 16.7 Å². The summed E-state index contributed by atoms with van der Waals surface area (Å²) in [6.07, 6.45) is 0.294. The maximum atomic E-state index is 12.2. The first-order valence-electron chi connectivity index (χ1n) is 9.21. The molecule has 1 aromatic heterocycles. The molecule has 2 aromatic carbocycles. The molecule has 1 heterocycles. The van der Waals surface area contributed by atoms with Gasteiger partial charge in [0.05, 0.1) is 20.6 Å². The normalized spacial score (nSPS) is 10.3. The molecular formula is C22H24N4O3. The van der Waals surface area contributed by atoms with Crippen molar-refractivity contribution in [2.45, 2.75) is 19.9 Å². The average molecular weight is 392 g/mol. The van der Waals surface area contributed by atoms with Crippen LogP contribution in [-0.4, -0.2) is 30.3 Å². The van der Waals surface area contributed by atoms with Gasteiger partial charge < -0.3 is 20.1 Å². The van der Waals surface area contributed by atoms with E-state index < -0.39 is 0 Å². The Balaban J connectivity index is 1.54. The number of rotatable bonds is 8. The first kappa shape index (κ1) is 20.1. The average Bonchev–Trinajstić information content (AvgIpc) is 2.73. The second-order valence-corrected chi connectivity index (χ2v) is 6.56. The van der Waals surface area contributed by atoms with Crippen LogP contribution in [-0.2, 0) is 17.8 Å². The summed E-state index contributed by atoms with van der Waals surface area (Å²) < 4.78 is 10.5. The van der Waals surface area contributed by atoms with Gasteiger partial charge in [0.25, 0.3) is 0 Å². The Hall–Kier alpha value is -3.61. The number of carbonyl (C=O) groups excluding carboxylic acids is 1. The Morgan fingerprint density at radius 1 is 0.897 bits per heavy atom. The maximum absolute atomic E-state index is 12.2. The largest absolute Gasteiger partial charge is 0.493 e. The molecule has 1 amide bonds. The Morgan fingerprint density at radius 2 is 1.66 bits per heavy atom. The van der Waals surface area contributed by atoms with Crippen LogP contribution in [0.1, 0.15) is 16.7 Å². The van der Waals surface area contributed by atoms with E-state index in [2.05, 4.69) is 20.8 Å². The number of carbonyl (C=O) groups is 1. The molecule has 0 radical (unpaired) electrons. The van der Waals surface area contributed by atoms with Gasteiger partial charge in [0, 0.05) is 6.54 Å². The zero-order valence-corrected chi connectivity index (χ0v) is 16.7. The first-order chi connectivity index (χ1) is 14.1. The number of methoxy groups -OCH3 is 2. The van der Waals surface area contributed by atoms with Crippen LogP contribution in [0.3, 0.4) is 0 Å². The van der Waals surface area contributed by atoms with E-state index in [0.29, 0.717) is 36.1 Å². The van der Waals surface area contributed by atoms with Gasteiger partial charge in [-0.2, -0.15) is 0 Å². The zero-order valence-electron chi connectivity index (χ0n) is 16.7. The summed E-state index contributed by atoms with van der Waals surface area (Å²) in [6.45, 7) is 2.55. The summed E-state index contributed by atoms with van der Waals surface area (Å²) in [5, 5.41) is 14.1. The van der Waals surface area contributed by atoms with Crippen molar-refractivity contribution in [3.63, 3.8) is 0 Å². The second-order valence-electron chi connectivity index (χ2n) is 6.56. The van der Waals surface area contributed by atoms with Crippen LogP contribution in [0, 0.1) is 6.92 Å². The zero-order chi connectivity index (χ0) is 20.6. The van der Waals surface area contributed by atoms with Gasteiger partial charge in [0.1, 0.15) is 5.82 Å². The minimum Gasteiger partial charge on any atom is -0.493 e. The van der Waals surface area contributed by atoms with Crippen molar-refractivity contribution >= 4 is 17.5 Å². The van der Waals surface area contributed by atoms with Crippen LogP contribution in [0.4, 0.5) is 11.6 Å². The lowest BCUT2D eigenvalue weighted by Crippen LogP contribution is -2.16. The van der Waals surface area contributed by atoms with Gasteiger partial charge in [0.15, 0.2) is 17.3 Å². The third-order valence-electron chi connectivity index (χ3n) is 4.30. The lowest BCUT2D eigenvalue weighted by molar-refractivity contribution is -0.115. The molecule has 3 rings (SSSR count). The highest BCUT2D eigenvalue weighted by molar-refractivity contribution is 5.91. The fourth-order valence-electron chi connectivity index (χ4n) is 2.87. The number of nitrogens with one attached hydrogen (secondary N) is 2. The Kier molecular flexibility index (Phi) is 6.63.